The monoisotopic (exact) mass is 662 g/mol. The summed E-state index contributed by atoms with van der Waals surface area (Å²) < 4.78 is 39.7. The van der Waals surface area contributed by atoms with Gasteiger partial charge in [0.05, 0.1) is 11.4 Å². The molecule has 0 atom stereocenters. The third-order valence-electron chi connectivity index (χ3n) is 7.92. The molecule has 0 amide bonds. The molecule has 8 nitrogen and oxygen atoms in total. The third kappa shape index (κ3) is 10.2. The van der Waals surface area contributed by atoms with Crippen molar-refractivity contribution in [1.82, 2.24) is 9.80 Å². The molecule has 2 heterocycles. The van der Waals surface area contributed by atoms with E-state index in [2.05, 4.69) is 19.8 Å². The first kappa shape index (κ1) is 34.3. The summed E-state index contributed by atoms with van der Waals surface area (Å²) in [4.78, 5) is 13.1. The van der Waals surface area contributed by atoms with Crippen LogP contribution in [0.15, 0.2) is 58.5 Å². The van der Waals surface area contributed by atoms with E-state index in [9.17, 15) is 19.0 Å². The van der Waals surface area contributed by atoms with Gasteiger partial charge >= 0.3 is 16.5 Å². The van der Waals surface area contributed by atoms with Crippen LogP contribution in [-0.4, -0.2) is 74.7 Å². The van der Waals surface area contributed by atoms with Gasteiger partial charge < -0.3 is 19.7 Å². The van der Waals surface area contributed by atoms with Crippen LogP contribution in [0, 0.1) is 11.6 Å². The van der Waals surface area contributed by atoms with Crippen LogP contribution < -0.4 is 19.7 Å². The van der Waals surface area contributed by atoms with E-state index in [0.717, 1.165) is 51.4 Å². The summed E-state index contributed by atoms with van der Waals surface area (Å²) in [5.41, 5.74) is 0.523. The summed E-state index contributed by atoms with van der Waals surface area (Å²) in [5.74, 6) is -1.90. The number of hydrogen-bond acceptors (Lipinski definition) is 8. The van der Waals surface area contributed by atoms with Crippen molar-refractivity contribution in [2.75, 3.05) is 52.5 Å². The van der Waals surface area contributed by atoms with Crippen molar-refractivity contribution in [3.8, 4) is 23.0 Å². The SMILES string of the molecule is [Ni+2].[O-]c1cc(OCCN2CCCCC2)ccc1C=Nc1cc(F)c(F)cc1N=Cc1ccc(OCCN2CCCCC2)cc1[O-]. The average molecular weight is 663 g/mol. The minimum absolute atomic E-state index is 0. The van der Waals surface area contributed by atoms with Crippen LogP contribution in [-0.2, 0) is 16.5 Å². The molecular formula is C34H38F2N4NiO4. The van der Waals surface area contributed by atoms with Crippen molar-refractivity contribution in [3.05, 3.63) is 71.3 Å². The van der Waals surface area contributed by atoms with Crippen molar-refractivity contribution in [2.24, 2.45) is 9.98 Å². The van der Waals surface area contributed by atoms with Gasteiger partial charge in [0.15, 0.2) is 11.6 Å². The molecule has 3 aromatic carbocycles. The number of piperidine rings is 2. The second kappa shape index (κ2) is 17.2. The summed E-state index contributed by atoms with van der Waals surface area (Å²) >= 11 is 0. The molecule has 45 heavy (non-hydrogen) atoms. The molecule has 0 bridgehead atoms. The zero-order valence-corrected chi connectivity index (χ0v) is 26.2. The predicted molar refractivity (Wildman–Crippen MR) is 164 cm³/mol. The molecule has 2 saturated heterocycles. The fraction of sp³-hybridized carbons (Fsp3) is 0.412. The number of ether oxygens (including phenoxy) is 2. The van der Waals surface area contributed by atoms with E-state index in [1.54, 1.807) is 24.3 Å². The smallest absolute Gasteiger partial charge is 0.872 e. The molecule has 242 valence electrons. The Hall–Kier alpha value is -3.53. The van der Waals surface area contributed by atoms with Gasteiger partial charge in [0.2, 0.25) is 0 Å². The van der Waals surface area contributed by atoms with Crippen molar-refractivity contribution in [3.63, 3.8) is 0 Å². The minimum atomic E-state index is -1.11. The molecule has 0 aliphatic carbocycles. The number of halogens is 2. The normalized spacial score (nSPS) is 16.2. The summed E-state index contributed by atoms with van der Waals surface area (Å²) in [6, 6.07) is 11.1. The molecule has 0 saturated carbocycles. The van der Waals surface area contributed by atoms with Crippen molar-refractivity contribution in [1.29, 1.82) is 0 Å². The molecular weight excluding hydrogens is 625 g/mol. The van der Waals surface area contributed by atoms with Crippen molar-refractivity contribution >= 4 is 23.8 Å². The van der Waals surface area contributed by atoms with Gasteiger partial charge in [-0.15, -0.1) is 0 Å². The standard InChI is InChI=1S/C34H40F2N4O4.Ni/c35-29-21-31(37-23-25-7-9-27(19-33(25)41)43-17-15-39-11-3-1-4-12-39)32(22-30(29)36)38-24-26-8-10-28(20-34(26)42)44-18-16-40-13-5-2-6-14-40;/h7-10,19-24,41-42H,1-6,11-18H2;/q;+2/p-2. The van der Waals surface area contributed by atoms with E-state index >= 15 is 0 Å². The molecule has 0 radical (unpaired) electrons. The van der Waals surface area contributed by atoms with Gasteiger partial charge in [0.25, 0.3) is 0 Å². The third-order valence-corrected chi connectivity index (χ3v) is 7.92. The Morgan fingerprint density at radius 2 is 1.02 bits per heavy atom. The van der Waals surface area contributed by atoms with Gasteiger partial charge in [-0.3, -0.25) is 19.8 Å². The second-order valence-electron chi connectivity index (χ2n) is 11.2. The zero-order chi connectivity index (χ0) is 30.7. The Bertz CT molecular complexity index is 1350. The number of likely N-dealkylation sites (tertiary alicyclic amines) is 2. The average Bonchev–Trinajstić information content (AvgIpc) is 3.03. The summed E-state index contributed by atoms with van der Waals surface area (Å²) in [6.45, 7) is 6.87. The van der Waals surface area contributed by atoms with Gasteiger partial charge in [-0.1, -0.05) is 36.5 Å². The van der Waals surface area contributed by atoms with Crippen LogP contribution in [0.4, 0.5) is 20.2 Å². The number of rotatable bonds is 12. The number of aliphatic imine (C=N–C) groups is 2. The van der Waals surface area contributed by atoms with Gasteiger partial charge in [-0.05, 0) is 87.3 Å². The van der Waals surface area contributed by atoms with E-state index < -0.39 is 11.6 Å². The van der Waals surface area contributed by atoms with E-state index in [0.29, 0.717) is 24.7 Å². The molecule has 5 rings (SSSR count). The van der Waals surface area contributed by atoms with Gasteiger partial charge in [-0.2, -0.15) is 0 Å². The maximum absolute atomic E-state index is 14.1. The molecule has 0 N–H and O–H groups in total. The fourth-order valence-electron chi connectivity index (χ4n) is 5.38. The Kier molecular flexibility index (Phi) is 13.2. The van der Waals surface area contributed by atoms with Gasteiger partial charge in [-0.25, -0.2) is 8.78 Å². The van der Waals surface area contributed by atoms with E-state index in [4.69, 9.17) is 9.47 Å². The Morgan fingerprint density at radius 1 is 0.622 bits per heavy atom. The van der Waals surface area contributed by atoms with Crippen LogP contribution in [0.3, 0.4) is 0 Å². The van der Waals surface area contributed by atoms with Gasteiger partial charge in [0, 0.05) is 37.7 Å². The number of benzene rings is 3. The molecule has 0 unspecified atom stereocenters. The number of nitrogens with zero attached hydrogens (tertiary/aromatic N) is 4. The Balaban J connectivity index is 0.00000461. The topological polar surface area (TPSA) is 95.8 Å². The first-order valence-electron chi connectivity index (χ1n) is 15.3. The van der Waals surface area contributed by atoms with Crippen LogP contribution in [0.25, 0.3) is 0 Å². The second-order valence-corrected chi connectivity index (χ2v) is 11.2. The minimum Gasteiger partial charge on any atom is -0.872 e. The summed E-state index contributed by atoms with van der Waals surface area (Å²) in [7, 11) is 0. The van der Waals surface area contributed by atoms with E-state index in [1.807, 2.05) is 0 Å². The first-order valence-corrected chi connectivity index (χ1v) is 15.3. The predicted octanol–water partition coefficient (Wildman–Crippen LogP) is 5.34. The molecule has 2 aliphatic heterocycles. The fourth-order valence-corrected chi connectivity index (χ4v) is 5.38. The van der Waals surface area contributed by atoms with Gasteiger partial charge in [0.1, 0.15) is 24.7 Å². The molecule has 11 heteroatoms. The molecule has 3 aromatic rings. The largest absolute Gasteiger partial charge is 2.00 e. The first-order chi connectivity index (χ1) is 21.4. The van der Waals surface area contributed by atoms with Crippen LogP contribution >= 0.6 is 0 Å². The molecule has 2 fully saturated rings. The van der Waals surface area contributed by atoms with E-state index in [-0.39, 0.29) is 50.5 Å². The van der Waals surface area contributed by atoms with Crippen molar-refractivity contribution < 1.29 is 45.0 Å². The van der Waals surface area contributed by atoms with E-state index in [1.165, 1.54) is 63.1 Å². The summed E-state index contributed by atoms with van der Waals surface area (Å²) in [6.07, 6.45) is 9.89. The molecule has 2 aliphatic rings. The van der Waals surface area contributed by atoms with Crippen LogP contribution in [0.5, 0.6) is 23.0 Å². The van der Waals surface area contributed by atoms with Crippen LogP contribution in [0.2, 0.25) is 0 Å². The number of hydrogen-bond donors (Lipinski definition) is 0. The molecule has 0 aromatic heterocycles. The van der Waals surface area contributed by atoms with Crippen molar-refractivity contribution in [2.45, 2.75) is 38.5 Å². The maximum Gasteiger partial charge on any atom is 2.00 e. The Morgan fingerprint density at radius 3 is 1.40 bits per heavy atom. The van der Waals surface area contributed by atoms with Crippen LogP contribution in [0.1, 0.15) is 49.7 Å². The Labute approximate surface area is 273 Å². The quantitative estimate of drug-likeness (QED) is 0.192. The zero-order valence-electron chi connectivity index (χ0n) is 25.2. The maximum atomic E-state index is 14.1. The molecule has 0 spiro atoms. The summed E-state index contributed by atoms with van der Waals surface area (Å²) in [5, 5.41) is 25.3.